The molecule has 0 aliphatic carbocycles. The fourth-order valence-electron chi connectivity index (χ4n) is 2.18. The van der Waals surface area contributed by atoms with Gasteiger partial charge in [-0.15, -0.1) is 5.10 Å². The number of carbonyl (C=O) groups excluding carboxylic acids is 2. The van der Waals surface area contributed by atoms with Crippen molar-refractivity contribution in [1.29, 1.82) is 0 Å². The van der Waals surface area contributed by atoms with Crippen LogP contribution in [0.15, 0.2) is 59.5 Å². The zero-order chi connectivity index (χ0) is 19.3. The van der Waals surface area contributed by atoms with Gasteiger partial charge < -0.3 is 5.32 Å². The summed E-state index contributed by atoms with van der Waals surface area (Å²) >= 11 is 0. The Balaban J connectivity index is 1.62. The van der Waals surface area contributed by atoms with E-state index in [2.05, 4.69) is 30.7 Å². The molecule has 2 aromatic carbocycles. The Kier molecular flexibility index (Phi) is 5.22. The van der Waals surface area contributed by atoms with Crippen LogP contribution in [0.25, 0.3) is 0 Å². The number of Topliss-reactive ketones (excluding diaryl/α,β-unsaturated/α-hetero) is 1. The molecule has 0 bridgehead atoms. The summed E-state index contributed by atoms with van der Waals surface area (Å²) < 4.78 is 26.5. The summed E-state index contributed by atoms with van der Waals surface area (Å²) in [6, 6.07) is 13.9. The standard InChI is InChI=1S/C16H14N6O4S/c23-14(11-4-2-1-3-5-11)10-15(24)17-12-6-8-13(9-7-12)27(25,26)20-16-18-21-22-19-16/h1-9H,10H2,(H,17,24)(H2,18,19,20,21,22). The lowest BCUT2D eigenvalue weighted by molar-refractivity contribution is -0.115. The molecular weight excluding hydrogens is 372 g/mol. The highest BCUT2D eigenvalue weighted by molar-refractivity contribution is 7.92. The molecule has 3 rings (SSSR count). The second-order valence-electron chi connectivity index (χ2n) is 5.38. The number of anilines is 2. The first kappa shape index (κ1) is 18.2. The minimum atomic E-state index is -3.89. The van der Waals surface area contributed by atoms with Crippen LogP contribution in [0, 0.1) is 0 Å². The van der Waals surface area contributed by atoms with E-state index in [1.165, 1.54) is 24.3 Å². The Morgan fingerprint density at radius 1 is 1.00 bits per heavy atom. The van der Waals surface area contributed by atoms with Crippen LogP contribution in [-0.4, -0.2) is 40.7 Å². The predicted molar refractivity (Wildman–Crippen MR) is 95.4 cm³/mol. The summed E-state index contributed by atoms with van der Waals surface area (Å²) in [6.45, 7) is 0. The Bertz CT molecular complexity index is 1030. The average Bonchev–Trinajstić information content (AvgIpc) is 3.15. The molecule has 1 aromatic heterocycles. The fourth-order valence-corrected chi connectivity index (χ4v) is 3.12. The minimum Gasteiger partial charge on any atom is -0.326 e. The third-order valence-corrected chi connectivity index (χ3v) is 4.78. The van der Waals surface area contributed by atoms with Gasteiger partial charge in [0.15, 0.2) is 5.78 Å². The van der Waals surface area contributed by atoms with E-state index in [9.17, 15) is 18.0 Å². The van der Waals surface area contributed by atoms with Crippen LogP contribution in [0.2, 0.25) is 0 Å². The van der Waals surface area contributed by atoms with Gasteiger partial charge in [0.05, 0.1) is 11.3 Å². The van der Waals surface area contributed by atoms with Gasteiger partial charge in [-0.2, -0.15) is 5.21 Å². The Morgan fingerprint density at radius 2 is 1.70 bits per heavy atom. The van der Waals surface area contributed by atoms with Crippen molar-refractivity contribution < 1.29 is 18.0 Å². The van der Waals surface area contributed by atoms with Gasteiger partial charge in [-0.05, 0) is 29.5 Å². The van der Waals surface area contributed by atoms with Gasteiger partial charge in [0.25, 0.3) is 16.0 Å². The van der Waals surface area contributed by atoms with Crippen molar-refractivity contribution in [2.45, 2.75) is 11.3 Å². The molecule has 3 aromatic rings. The topological polar surface area (TPSA) is 147 Å². The lowest BCUT2D eigenvalue weighted by Crippen LogP contribution is -2.17. The molecule has 0 saturated heterocycles. The molecule has 1 amide bonds. The van der Waals surface area contributed by atoms with Crippen LogP contribution in [0.4, 0.5) is 11.6 Å². The summed E-state index contributed by atoms with van der Waals surface area (Å²) in [4.78, 5) is 24.0. The highest BCUT2D eigenvalue weighted by atomic mass is 32.2. The van der Waals surface area contributed by atoms with E-state index < -0.39 is 15.9 Å². The van der Waals surface area contributed by atoms with Crippen molar-refractivity contribution in [3.05, 3.63) is 60.2 Å². The van der Waals surface area contributed by atoms with Crippen molar-refractivity contribution in [2.75, 3.05) is 10.0 Å². The Hall–Kier alpha value is -3.60. The lowest BCUT2D eigenvalue weighted by Gasteiger charge is -2.07. The predicted octanol–water partition coefficient (Wildman–Crippen LogP) is 1.21. The average molecular weight is 386 g/mol. The maximum absolute atomic E-state index is 12.2. The van der Waals surface area contributed by atoms with Gasteiger partial charge >= 0.3 is 0 Å². The Morgan fingerprint density at radius 3 is 2.33 bits per heavy atom. The van der Waals surface area contributed by atoms with Crippen molar-refractivity contribution in [1.82, 2.24) is 20.6 Å². The zero-order valence-electron chi connectivity index (χ0n) is 13.8. The van der Waals surface area contributed by atoms with Crippen molar-refractivity contribution in [3.63, 3.8) is 0 Å². The number of sulfonamides is 1. The maximum Gasteiger partial charge on any atom is 0.276 e. The SMILES string of the molecule is O=C(CC(=O)c1ccccc1)Nc1ccc(S(=O)(=O)Nc2nn[nH]n2)cc1. The van der Waals surface area contributed by atoms with Crippen LogP contribution in [-0.2, 0) is 14.8 Å². The largest absolute Gasteiger partial charge is 0.326 e. The number of hydrogen-bond acceptors (Lipinski definition) is 7. The van der Waals surface area contributed by atoms with Crippen molar-refractivity contribution in [2.24, 2.45) is 0 Å². The summed E-state index contributed by atoms with van der Waals surface area (Å²) in [5, 5.41) is 15.0. The molecule has 1 heterocycles. The summed E-state index contributed by atoms with van der Waals surface area (Å²) in [5.41, 5.74) is 0.806. The number of hydrogen-bond donors (Lipinski definition) is 3. The van der Waals surface area contributed by atoms with E-state index in [-0.39, 0.29) is 23.0 Å². The first-order valence-corrected chi connectivity index (χ1v) is 9.17. The number of rotatable bonds is 7. The van der Waals surface area contributed by atoms with E-state index >= 15 is 0 Å². The van der Waals surface area contributed by atoms with Gasteiger partial charge in [0.2, 0.25) is 5.91 Å². The molecule has 0 saturated carbocycles. The number of aromatic nitrogens is 4. The van der Waals surface area contributed by atoms with E-state index in [4.69, 9.17) is 0 Å². The number of benzene rings is 2. The summed E-state index contributed by atoms with van der Waals surface area (Å²) in [7, 11) is -3.89. The third kappa shape index (κ3) is 4.73. The van der Waals surface area contributed by atoms with Gasteiger partial charge in [-0.3, -0.25) is 9.59 Å². The van der Waals surface area contributed by atoms with E-state index in [0.29, 0.717) is 11.3 Å². The highest BCUT2D eigenvalue weighted by Crippen LogP contribution is 2.16. The van der Waals surface area contributed by atoms with Crippen LogP contribution in [0.5, 0.6) is 0 Å². The number of nitrogens with one attached hydrogen (secondary N) is 3. The molecule has 0 radical (unpaired) electrons. The van der Waals surface area contributed by atoms with E-state index in [1.807, 2.05) is 0 Å². The molecular formula is C16H14N6O4S. The maximum atomic E-state index is 12.2. The quantitative estimate of drug-likeness (QED) is 0.408. The zero-order valence-corrected chi connectivity index (χ0v) is 14.6. The van der Waals surface area contributed by atoms with Crippen LogP contribution < -0.4 is 10.0 Å². The first-order valence-electron chi connectivity index (χ1n) is 7.68. The molecule has 10 nitrogen and oxygen atoms in total. The van der Waals surface area contributed by atoms with Gasteiger partial charge in [-0.1, -0.05) is 35.4 Å². The third-order valence-electron chi connectivity index (χ3n) is 3.44. The van der Waals surface area contributed by atoms with Crippen LogP contribution in [0.1, 0.15) is 16.8 Å². The second kappa shape index (κ2) is 7.74. The smallest absolute Gasteiger partial charge is 0.276 e. The van der Waals surface area contributed by atoms with Crippen molar-refractivity contribution in [3.8, 4) is 0 Å². The van der Waals surface area contributed by atoms with E-state index in [1.54, 1.807) is 30.3 Å². The first-order chi connectivity index (χ1) is 12.9. The molecule has 27 heavy (non-hydrogen) atoms. The molecule has 0 unspecified atom stereocenters. The normalized spacial score (nSPS) is 11.0. The number of carbonyl (C=O) groups is 2. The van der Waals surface area contributed by atoms with Crippen molar-refractivity contribution >= 4 is 33.3 Å². The monoisotopic (exact) mass is 386 g/mol. The molecule has 0 spiro atoms. The number of H-pyrrole nitrogens is 1. The molecule has 0 aliphatic heterocycles. The number of nitrogens with zero attached hydrogens (tertiary/aromatic N) is 3. The van der Waals surface area contributed by atoms with E-state index in [0.717, 1.165) is 0 Å². The van der Waals surface area contributed by atoms with Gasteiger partial charge in [0.1, 0.15) is 0 Å². The number of ketones is 1. The molecule has 3 N–H and O–H groups in total. The number of aromatic amines is 1. The Labute approximate surface area is 154 Å². The molecule has 0 aliphatic rings. The second-order valence-corrected chi connectivity index (χ2v) is 7.06. The number of tetrazole rings is 1. The lowest BCUT2D eigenvalue weighted by atomic mass is 10.1. The minimum absolute atomic E-state index is 0.0503. The molecule has 0 fully saturated rings. The highest BCUT2D eigenvalue weighted by Gasteiger charge is 2.17. The van der Waals surface area contributed by atoms with Crippen LogP contribution >= 0.6 is 0 Å². The molecule has 11 heteroatoms. The summed E-state index contributed by atoms with van der Waals surface area (Å²) in [6.07, 6.45) is -0.316. The van der Waals surface area contributed by atoms with Gasteiger partial charge in [-0.25, -0.2) is 13.1 Å². The number of amides is 1. The summed E-state index contributed by atoms with van der Waals surface area (Å²) in [5.74, 6) is -0.993. The molecule has 0 atom stereocenters. The fraction of sp³-hybridized carbons (Fsp3) is 0.0625. The van der Waals surface area contributed by atoms with Crippen LogP contribution in [0.3, 0.4) is 0 Å². The molecule has 138 valence electrons. The van der Waals surface area contributed by atoms with Gasteiger partial charge in [0, 0.05) is 11.3 Å².